The van der Waals surface area contributed by atoms with Gasteiger partial charge in [-0.1, -0.05) is 12.1 Å². The molecule has 0 heteroatoms. The zero-order chi connectivity index (χ0) is 10.6. The molecule has 1 aromatic rings. The topological polar surface area (TPSA) is 0 Å². The maximum atomic E-state index is 5.23. The highest BCUT2D eigenvalue weighted by Gasteiger charge is 2.00. The van der Waals surface area contributed by atoms with Crippen molar-refractivity contribution in [2.45, 2.75) is 40.0 Å². The van der Waals surface area contributed by atoms with Crippen molar-refractivity contribution < 1.29 is 0 Å². The fraction of sp³-hybridized carbons (Fsp3) is 0.429. The molecule has 0 aromatic heterocycles. The number of rotatable bonds is 3. The minimum atomic E-state index is 0.881. The molecule has 0 unspecified atom stereocenters. The highest BCUT2D eigenvalue weighted by Crippen LogP contribution is 2.16. The van der Waals surface area contributed by atoms with Crippen molar-refractivity contribution >= 4 is 0 Å². The number of aryl methyl sites for hydroxylation is 3. The average molecular weight is 186 g/mol. The van der Waals surface area contributed by atoms with Crippen molar-refractivity contribution in [3.63, 3.8) is 0 Å². The fourth-order valence-electron chi connectivity index (χ4n) is 1.66. The van der Waals surface area contributed by atoms with E-state index in [2.05, 4.69) is 38.8 Å². The van der Waals surface area contributed by atoms with Crippen LogP contribution in [0.4, 0.5) is 0 Å². The zero-order valence-corrected chi connectivity index (χ0v) is 9.35. The van der Waals surface area contributed by atoms with E-state index in [1.165, 1.54) is 22.3 Å². The molecule has 0 saturated heterocycles. The number of unbranched alkanes of at least 4 members (excludes halogenated alkanes) is 1. The van der Waals surface area contributed by atoms with Crippen LogP contribution in [0.3, 0.4) is 0 Å². The lowest BCUT2D eigenvalue weighted by Gasteiger charge is -2.08. The van der Waals surface area contributed by atoms with Gasteiger partial charge in [-0.3, -0.25) is 0 Å². The highest BCUT2D eigenvalue weighted by molar-refractivity contribution is 5.36. The smallest absolute Gasteiger partial charge is 0.00892 e. The van der Waals surface area contributed by atoms with Crippen molar-refractivity contribution in [2.75, 3.05) is 0 Å². The first-order chi connectivity index (χ1) is 6.65. The first-order valence-electron chi connectivity index (χ1n) is 5.15. The summed E-state index contributed by atoms with van der Waals surface area (Å²) >= 11 is 0. The lowest BCUT2D eigenvalue weighted by atomic mass is 9.98. The Morgan fingerprint density at radius 1 is 1.14 bits per heavy atom. The summed E-state index contributed by atoms with van der Waals surface area (Å²) in [5.41, 5.74) is 5.60. The molecule has 0 bridgehead atoms. The van der Waals surface area contributed by atoms with Crippen LogP contribution in [0.5, 0.6) is 0 Å². The normalized spacial score (nSPS) is 9.86. The second kappa shape index (κ2) is 4.86. The molecule has 0 nitrogen and oxygen atoms in total. The van der Waals surface area contributed by atoms with Gasteiger partial charge in [-0.15, -0.1) is 12.3 Å². The minimum Gasteiger partial charge on any atom is -0.120 e. The predicted molar refractivity (Wildman–Crippen MR) is 62.4 cm³/mol. The van der Waals surface area contributed by atoms with Crippen LogP contribution < -0.4 is 0 Å². The summed E-state index contributed by atoms with van der Waals surface area (Å²) in [6, 6.07) is 4.55. The van der Waals surface area contributed by atoms with Gasteiger partial charge in [-0.2, -0.15) is 0 Å². The lowest BCUT2D eigenvalue weighted by molar-refractivity contribution is 0.855. The van der Waals surface area contributed by atoms with E-state index in [9.17, 15) is 0 Å². The Bertz CT molecular complexity index is 330. The van der Waals surface area contributed by atoms with E-state index in [0.717, 1.165) is 19.3 Å². The monoisotopic (exact) mass is 186 g/mol. The van der Waals surface area contributed by atoms with Crippen LogP contribution >= 0.6 is 0 Å². The van der Waals surface area contributed by atoms with Crippen molar-refractivity contribution in [1.82, 2.24) is 0 Å². The summed E-state index contributed by atoms with van der Waals surface area (Å²) in [5.74, 6) is 2.68. The Balaban J connectivity index is 2.75. The molecule has 0 radical (unpaired) electrons. The summed E-state index contributed by atoms with van der Waals surface area (Å²) < 4.78 is 0. The minimum absolute atomic E-state index is 0.881. The Hall–Kier alpha value is -1.22. The molecule has 0 fully saturated rings. The average Bonchev–Trinajstić information content (AvgIpc) is 2.14. The molecule has 0 amide bonds. The van der Waals surface area contributed by atoms with Gasteiger partial charge in [0.15, 0.2) is 0 Å². The summed E-state index contributed by atoms with van der Waals surface area (Å²) in [4.78, 5) is 0. The van der Waals surface area contributed by atoms with Gasteiger partial charge in [0.05, 0.1) is 0 Å². The molecule has 0 heterocycles. The van der Waals surface area contributed by atoms with Gasteiger partial charge in [0.1, 0.15) is 0 Å². The molecule has 14 heavy (non-hydrogen) atoms. The van der Waals surface area contributed by atoms with Crippen molar-refractivity contribution in [1.29, 1.82) is 0 Å². The second-order valence-electron chi connectivity index (χ2n) is 3.91. The lowest BCUT2D eigenvalue weighted by Crippen LogP contribution is -1.92. The molecule has 0 spiro atoms. The molecule has 0 atom stereocenters. The van der Waals surface area contributed by atoms with E-state index >= 15 is 0 Å². The Labute approximate surface area is 87.4 Å². The molecule has 1 rings (SSSR count). The Kier molecular flexibility index (Phi) is 3.77. The molecule has 0 N–H and O–H groups in total. The molecule has 1 aromatic carbocycles. The van der Waals surface area contributed by atoms with Crippen molar-refractivity contribution in [3.8, 4) is 12.3 Å². The summed E-state index contributed by atoms with van der Waals surface area (Å²) in [7, 11) is 0. The summed E-state index contributed by atoms with van der Waals surface area (Å²) in [6.45, 7) is 6.52. The van der Waals surface area contributed by atoms with Crippen LogP contribution in [-0.4, -0.2) is 0 Å². The van der Waals surface area contributed by atoms with Crippen LogP contribution in [0.1, 0.15) is 35.1 Å². The van der Waals surface area contributed by atoms with Crippen molar-refractivity contribution in [3.05, 3.63) is 34.4 Å². The fourth-order valence-corrected chi connectivity index (χ4v) is 1.66. The van der Waals surface area contributed by atoms with Gasteiger partial charge in [0.2, 0.25) is 0 Å². The largest absolute Gasteiger partial charge is 0.120 e. The maximum absolute atomic E-state index is 5.23. The number of hydrogen-bond donors (Lipinski definition) is 0. The third-order valence-corrected chi connectivity index (χ3v) is 2.77. The van der Waals surface area contributed by atoms with Crippen LogP contribution in [0.15, 0.2) is 12.1 Å². The summed E-state index contributed by atoms with van der Waals surface area (Å²) in [5, 5.41) is 0. The first-order valence-corrected chi connectivity index (χ1v) is 5.15. The number of hydrogen-bond acceptors (Lipinski definition) is 0. The molecule has 74 valence electrons. The third kappa shape index (κ3) is 2.64. The molecule has 0 aliphatic carbocycles. The van der Waals surface area contributed by atoms with Gasteiger partial charge in [-0.25, -0.2) is 0 Å². The van der Waals surface area contributed by atoms with Gasteiger partial charge in [0.25, 0.3) is 0 Å². The Morgan fingerprint density at radius 3 is 2.21 bits per heavy atom. The van der Waals surface area contributed by atoms with Gasteiger partial charge >= 0.3 is 0 Å². The molecule has 0 saturated carbocycles. The molecular weight excluding hydrogens is 168 g/mol. The third-order valence-electron chi connectivity index (χ3n) is 2.77. The quantitative estimate of drug-likeness (QED) is 0.500. The molecule has 0 aliphatic heterocycles. The molecule has 0 aliphatic rings. The number of benzene rings is 1. The van der Waals surface area contributed by atoms with E-state index in [-0.39, 0.29) is 0 Å². The van der Waals surface area contributed by atoms with E-state index in [1.54, 1.807) is 0 Å². The van der Waals surface area contributed by atoms with Gasteiger partial charge in [0, 0.05) is 6.42 Å². The SMILES string of the molecule is C#CCCCc1cc(C)c(C)c(C)c1. The highest BCUT2D eigenvalue weighted by atomic mass is 14.1. The van der Waals surface area contributed by atoms with Crippen LogP contribution in [0.2, 0.25) is 0 Å². The maximum Gasteiger partial charge on any atom is 0.00892 e. The first kappa shape index (κ1) is 10.9. The predicted octanol–water partition coefficient (Wildman–Crippen LogP) is 3.57. The van der Waals surface area contributed by atoms with Crippen LogP contribution in [0.25, 0.3) is 0 Å². The van der Waals surface area contributed by atoms with Crippen LogP contribution in [0, 0.1) is 33.1 Å². The van der Waals surface area contributed by atoms with E-state index in [4.69, 9.17) is 6.42 Å². The molecular formula is C14H18. The second-order valence-corrected chi connectivity index (χ2v) is 3.91. The summed E-state index contributed by atoms with van der Waals surface area (Å²) in [6.07, 6.45) is 8.31. The van der Waals surface area contributed by atoms with Gasteiger partial charge < -0.3 is 0 Å². The van der Waals surface area contributed by atoms with E-state index in [1.807, 2.05) is 0 Å². The number of terminal acetylenes is 1. The van der Waals surface area contributed by atoms with Crippen LogP contribution in [-0.2, 0) is 6.42 Å². The van der Waals surface area contributed by atoms with Gasteiger partial charge in [-0.05, 0) is 55.9 Å². The van der Waals surface area contributed by atoms with E-state index < -0.39 is 0 Å². The zero-order valence-electron chi connectivity index (χ0n) is 9.35. The van der Waals surface area contributed by atoms with Crippen molar-refractivity contribution in [2.24, 2.45) is 0 Å². The standard InChI is InChI=1S/C14H18/c1-5-6-7-8-14-9-11(2)13(4)12(3)10-14/h1,9-10H,6-8H2,2-4H3. The van der Waals surface area contributed by atoms with E-state index in [0.29, 0.717) is 0 Å². The Morgan fingerprint density at radius 2 is 1.71 bits per heavy atom.